The van der Waals surface area contributed by atoms with Crippen LogP contribution in [0.5, 0.6) is 5.75 Å². The fourth-order valence-corrected chi connectivity index (χ4v) is 5.58. The third-order valence-electron chi connectivity index (χ3n) is 5.92. The Morgan fingerprint density at radius 3 is 2.17 bits per heavy atom. The number of halogens is 1. The van der Waals surface area contributed by atoms with Gasteiger partial charge in [-0.15, -0.1) is 0 Å². The summed E-state index contributed by atoms with van der Waals surface area (Å²) in [7, 11) is -2.53. The Kier molecular flexibility index (Phi) is 7.83. The van der Waals surface area contributed by atoms with Gasteiger partial charge in [0, 0.05) is 29.5 Å². The van der Waals surface area contributed by atoms with Gasteiger partial charge in [-0.1, -0.05) is 11.6 Å². The lowest BCUT2D eigenvalue weighted by molar-refractivity contribution is -0.114. The van der Waals surface area contributed by atoms with Crippen molar-refractivity contribution in [2.45, 2.75) is 24.2 Å². The van der Waals surface area contributed by atoms with Crippen LogP contribution in [-0.2, 0) is 14.8 Å². The SMILES string of the molecule is COc1ccc(S(=O)(=O)N(CC(=O)Nc2ccc(N3CCCCC3)cc2)c2ccc(Cl)cc2)cc1. The van der Waals surface area contributed by atoms with Crippen molar-refractivity contribution in [2.24, 2.45) is 0 Å². The zero-order chi connectivity index (χ0) is 24.8. The summed E-state index contributed by atoms with van der Waals surface area (Å²) in [5.74, 6) is 0.0792. The van der Waals surface area contributed by atoms with Gasteiger partial charge in [-0.2, -0.15) is 0 Å². The molecule has 7 nitrogen and oxygen atoms in total. The van der Waals surface area contributed by atoms with Crippen molar-refractivity contribution in [3.8, 4) is 5.75 Å². The van der Waals surface area contributed by atoms with Crippen LogP contribution in [0.4, 0.5) is 17.1 Å². The highest BCUT2D eigenvalue weighted by Crippen LogP contribution is 2.27. The molecule has 1 fully saturated rings. The molecule has 1 heterocycles. The highest BCUT2D eigenvalue weighted by atomic mass is 35.5. The summed E-state index contributed by atoms with van der Waals surface area (Å²) in [5, 5.41) is 3.28. The maximum Gasteiger partial charge on any atom is 0.264 e. The van der Waals surface area contributed by atoms with E-state index in [-0.39, 0.29) is 4.90 Å². The predicted octanol–water partition coefficient (Wildman–Crippen LogP) is 5.17. The molecule has 1 aliphatic heterocycles. The van der Waals surface area contributed by atoms with Crippen LogP contribution in [0.3, 0.4) is 0 Å². The largest absolute Gasteiger partial charge is 0.497 e. The summed E-state index contributed by atoms with van der Waals surface area (Å²) in [6.07, 6.45) is 3.62. The van der Waals surface area contributed by atoms with Gasteiger partial charge in [-0.3, -0.25) is 9.10 Å². The average Bonchev–Trinajstić information content (AvgIpc) is 2.89. The van der Waals surface area contributed by atoms with Crippen molar-refractivity contribution in [1.29, 1.82) is 0 Å². The van der Waals surface area contributed by atoms with E-state index in [2.05, 4.69) is 10.2 Å². The molecule has 0 bridgehead atoms. The molecule has 1 saturated heterocycles. The third kappa shape index (κ3) is 6.07. The number of benzene rings is 3. The Bertz CT molecular complexity index is 1240. The number of carbonyl (C=O) groups is 1. The zero-order valence-corrected chi connectivity index (χ0v) is 21.1. The number of ether oxygens (including phenoxy) is 1. The van der Waals surface area contributed by atoms with E-state index in [9.17, 15) is 13.2 Å². The molecule has 1 amide bonds. The number of methoxy groups -OCH3 is 1. The quantitative estimate of drug-likeness (QED) is 0.449. The topological polar surface area (TPSA) is 79.0 Å². The van der Waals surface area contributed by atoms with Crippen LogP contribution in [0.25, 0.3) is 0 Å². The number of anilines is 3. The van der Waals surface area contributed by atoms with Crippen molar-refractivity contribution in [2.75, 3.05) is 41.3 Å². The van der Waals surface area contributed by atoms with Crippen LogP contribution in [-0.4, -0.2) is 41.1 Å². The second kappa shape index (κ2) is 11.0. The van der Waals surface area contributed by atoms with Gasteiger partial charge in [0.05, 0.1) is 17.7 Å². The van der Waals surface area contributed by atoms with Crippen molar-refractivity contribution < 1.29 is 17.9 Å². The van der Waals surface area contributed by atoms with Crippen molar-refractivity contribution in [3.63, 3.8) is 0 Å². The summed E-state index contributed by atoms with van der Waals surface area (Å²) in [6, 6.07) is 20.0. The Morgan fingerprint density at radius 2 is 1.57 bits per heavy atom. The van der Waals surface area contributed by atoms with Crippen LogP contribution >= 0.6 is 11.6 Å². The molecule has 0 aromatic heterocycles. The van der Waals surface area contributed by atoms with Crippen molar-refractivity contribution in [3.05, 3.63) is 77.8 Å². The molecular weight excluding hydrogens is 486 g/mol. The van der Waals surface area contributed by atoms with Gasteiger partial charge in [0.15, 0.2) is 0 Å². The van der Waals surface area contributed by atoms with E-state index in [1.807, 2.05) is 24.3 Å². The number of rotatable bonds is 8. The predicted molar refractivity (Wildman–Crippen MR) is 140 cm³/mol. The minimum absolute atomic E-state index is 0.0481. The van der Waals surface area contributed by atoms with Crippen LogP contribution in [0.15, 0.2) is 77.7 Å². The zero-order valence-electron chi connectivity index (χ0n) is 19.5. The molecule has 1 N–H and O–H groups in total. The minimum atomic E-state index is -4.03. The molecule has 9 heteroatoms. The number of piperidine rings is 1. The van der Waals surface area contributed by atoms with E-state index in [0.717, 1.165) is 23.1 Å². The van der Waals surface area contributed by atoms with E-state index in [1.54, 1.807) is 36.4 Å². The number of hydrogen-bond donors (Lipinski definition) is 1. The number of nitrogens with zero attached hydrogens (tertiary/aromatic N) is 2. The highest BCUT2D eigenvalue weighted by Gasteiger charge is 2.27. The fourth-order valence-electron chi connectivity index (χ4n) is 4.04. The summed E-state index contributed by atoms with van der Waals surface area (Å²) >= 11 is 6.00. The first-order valence-corrected chi connectivity index (χ1v) is 13.3. The Morgan fingerprint density at radius 1 is 0.943 bits per heavy atom. The van der Waals surface area contributed by atoms with Gasteiger partial charge >= 0.3 is 0 Å². The molecular formula is C26H28ClN3O4S. The van der Waals surface area contributed by atoms with Crippen molar-refractivity contribution >= 4 is 44.6 Å². The van der Waals surface area contributed by atoms with Crippen LogP contribution in [0.2, 0.25) is 5.02 Å². The molecule has 0 radical (unpaired) electrons. The van der Waals surface area contributed by atoms with Crippen molar-refractivity contribution in [1.82, 2.24) is 0 Å². The lowest BCUT2D eigenvalue weighted by Gasteiger charge is -2.29. The number of carbonyl (C=O) groups excluding carboxylic acids is 1. The van der Waals surface area contributed by atoms with E-state index in [4.69, 9.17) is 16.3 Å². The molecule has 4 rings (SSSR count). The van der Waals surface area contributed by atoms with E-state index in [0.29, 0.717) is 22.1 Å². The van der Waals surface area contributed by atoms with Gasteiger partial charge in [-0.05, 0) is 92.1 Å². The molecule has 3 aromatic carbocycles. The molecule has 35 heavy (non-hydrogen) atoms. The molecule has 3 aromatic rings. The Balaban J connectivity index is 1.53. The third-order valence-corrected chi connectivity index (χ3v) is 7.96. The van der Waals surface area contributed by atoms with E-state index >= 15 is 0 Å². The highest BCUT2D eigenvalue weighted by molar-refractivity contribution is 7.92. The van der Waals surface area contributed by atoms with Gasteiger partial charge in [0.1, 0.15) is 12.3 Å². The molecule has 0 aliphatic carbocycles. The molecule has 0 unspecified atom stereocenters. The molecule has 184 valence electrons. The number of amides is 1. The Labute approximate surface area is 211 Å². The smallest absolute Gasteiger partial charge is 0.264 e. The van der Waals surface area contributed by atoms with Gasteiger partial charge in [0.2, 0.25) is 5.91 Å². The van der Waals surface area contributed by atoms with Gasteiger partial charge in [0.25, 0.3) is 10.0 Å². The monoisotopic (exact) mass is 513 g/mol. The summed E-state index contributed by atoms with van der Waals surface area (Å²) in [6.45, 7) is 1.67. The van der Waals surface area contributed by atoms with Crippen LogP contribution in [0, 0.1) is 0 Å². The summed E-state index contributed by atoms with van der Waals surface area (Å²) in [5.41, 5.74) is 2.06. The average molecular weight is 514 g/mol. The summed E-state index contributed by atoms with van der Waals surface area (Å²) < 4.78 is 33.2. The van der Waals surface area contributed by atoms with Gasteiger partial charge in [-0.25, -0.2) is 8.42 Å². The van der Waals surface area contributed by atoms with E-state index in [1.165, 1.54) is 38.5 Å². The summed E-state index contributed by atoms with van der Waals surface area (Å²) in [4.78, 5) is 15.3. The van der Waals surface area contributed by atoms with Crippen LogP contribution < -0.4 is 19.3 Å². The maximum absolute atomic E-state index is 13.5. The second-order valence-electron chi connectivity index (χ2n) is 8.31. The minimum Gasteiger partial charge on any atom is -0.497 e. The lowest BCUT2D eigenvalue weighted by Crippen LogP contribution is -2.38. The van der Waals surface area contributed by atoms with Gasteiger partial charge < -0.3 is 15.0 Å². The van der Waals surface area contributed by atoms with Crippen LogP contribution in [0.1, 0.15) is 19.3 Å². The standard InChI is InChI=1S/C26H28ClN3O4S/c1-34-24-13-15-25(16-14-24)35(32,33)30(23-9-5-20(27)6-10-23)19-26(31)28-21-7-11-22(12-8-21)29-17-3-2-4-18-29/h5-16H,2-4,17-19H2,1H3,(H,28,31). The fraction of sp³-hybridized carbons (Fsp3) is 0.269. The second-order valence-corrected chi connectivity index (χ2v) is 10.6. The van der Waals surface area contributed by atoms with E-state index < -0.39 is 22.5 Å². The number of sulfonamides is 1. The first-order chi connectivity index (χ1) is 16.9. The molecule has 1 aliphatic rings. The molecule has 0 spiro atoms. The Hall–Kier alpha value is -3.23. The lowest BCUT2D eigenvalue weighted by atomic mass is 10.1. The number of hydrogen-bond acceptors (Lipinski definition) is 5. The normalized spacial score (nSPS) is 13.8. The maximum atomic E-state index is 13.5. The molecule has 0 saturated carbocycles. The number of nitrogens with one attached hydrogen (secondary N) is 1. The first kappa shape index (κ1) is 24.9. The molecule has 0 atom stereocenters. The first-order valence-electron chi connectivity index (χ1n) is 11.4.